The van der Waals surface area contributed by atoms with Crippen LogP contribution in [0.25, 0.3) is 0 Å². The number of carbonyl (C=O) groups is 1. The molecule has 0 aliphatic carbocycles. The van der Waals surface area contributed by atoms with E-state index in [2.05, 4.69) is 5.32 Å². The predicted molar refractivity (Wildman–Crippen MR) is 130 cm³/mol. The van der Waals surface area contributed by atoms with E-state index >= 15 is 0 Å². The molecule has 0 saturated heterocycles. The van der Waals surface area contributed by atoms with Gasteiger partial charge in [0.15, 0.2) is 18.3 Å². The molecule has 2 N–H and O–H groups in total. The topological polar surface area (TPSA) is 105 Å². The van der Waals surface area contributed by atoms with E-state index in [4.69, 9.17) is 40.0 Å². The van der Waals surface area contributed by atoms with Crippen molar-refractivity contribution in [2.45, 2.75) is 38.5 Å². The van der Waals surface area contributed by atoms with Crippen molar-refractivity contribution in [2.24, 2.45) is 0 Å². The highest BCUT2D eigenvalue weighted by atomic mass is 35.5. The standard InChI is InChI=1S/C25H32ClNO8/c1-4-31-25(29)24-14-33-23-10-17(5-7-22(23)35-24)9-16(2)27-12-18(28)13-32-19-6-8-21(20(26)11-19)34-15-30-3/h5-8,10-11,16,18,24,27-28H,4,9,12-15H2,1-3H3/t16-,18+,24-/m1/s1. The minimum atomic E-state index is -0.754. The highest BCUT2D eigenvalue weighted by molar-refractivity contribution is 6.32. The molecule has 9 nitrogen and oxygen atoms in total. The molecule has 0 spiro atoms. The van der Waals surface area contributed by atoms with Crippen LogP contribution in [0.1, 0.15) is 19.4 Å². The monoisotopic (exact) mass is 509 g/mol. The number of carbonyl (C=O) groups excluding carboxylic acids is 1. The van der Waals surface area contributed by atoms with Crippen LogP contribution < -0.4 is 24.3 Å². The highest BCUT2D eigenvalue weighted by Gasteiger charge is 2.28. The van der Waals surface area contributed by atoms with E-state index in [1.807, 2.05) is 19.1 Å². The van der Waals surface area contributed by atoms with Gasteiger partial charge >= 0.3 is 5.97 Å². The second-order valence-electron chi connectivity index (χ2n) is 8.07. The van der Waals surface area contributed by atoms with Gasteiger partial charge in [0, 0.05) is 25.8 Å². The molecule has 0 aromatic heterocycles. The van der Waals surface area contributed by atoms with Gasteiger partial charge in [-0.25, -0.2) is 4.79 Å². The molecule has 35 heavy (non-hydrogen) atoms. The Balaban J connectivity index is 1.41. The Bertz CT molecular complexity index is 972. The SMILES string of the molecule is CCOC(=O)[C@H]1COc2cc(C[C@@H](C)NC[C@H](O)COc3ccc(OCOC)c(Cl)c3)ccc2O1. The summed E-state index contributed by atoms with van der Waals surface area (Å²) in [4.78, 5) is 11.9. The van der Waals surface area contributed by atoms with Gasteiger partial charge in [0.2, 0.25) is 6.10 Å². The van der Waals surface area contributed by atoms with E-state index in [9.17, 15) is 9.90 Å². The van der Waals surface area contributed by atoms with Crippen LogP contribution in [-0.2, 0) is 20.7 Å². The number of rotatable bonds is 13. The third kappa shape index (κ3) is 8.17. The zero-order valence-electron chi connectivity index (χ0n) is 20.1. The number of esters is 1. The first-order valence-electron chi connectivity index (χ1n) is 11.4. The maximum absolute atomic E-state index is 11.9. The summed E-state index contributed by atoms with van der Waals surface area (Å²) in [7, 11) is 1.53. The second-order valence-corrected chi connectivity index (χ2v) is 8.48. The minimum absolute atomic E-state index is 0.0890. The highest BCUT2D eigenvalue weighted by Crippen LogP contribution is 2.33. The molecule has 1 aliphatic heterocycles. The van der Waals surface area contributed by atoms with Crippen molar-refractivity contribution < 1.29 is 38.3 Å². The lowest BCUT2D eigenvalue weighted by Crippen LogP contribution is -2.38. The Morgan fingerprint density at radius 1 is 1.23 bits per heavy atom. The number of halogens is 1. The Hall–Kier alpha value is -2.72. The second kappa shape index (κ2) is 13.4. The lowest BCUT2D eigenvalue weighted by molar-refractivity contribution is -0.153. The van der Waals surface area contributed by atoms with Crippen molar-refractivity contribution in [1.29, 1.82) is 0 Å². The van der Waals surface area contributed by atoms with Gasteiger partial charge in [-0.1, -0.05) is 17.7 Å². The normalized spacial score (nSPS) is 16.3. The quantitative estimate of drug-likeness (QED) is 0.311. The lowest BCUT2D eigenvalue weighted by Gasteiger charge is -2.25. The van der Waals surface area contributed by atoms with Crippen LogP contribution in [0.15, 0.2) is 36.4 Å². The van der Waals surface area contributed by atoms with Crippen LogP contribution in [0.3, 0.4) is 0 Å². The van der Waals surface area contributed by atoms with E-state index in [1.54, 1.807) is 31.2 Å². The summed E-state index contributed by atoms with van der Waals surface area (Å²) in [6.45, 7) is 4.75. The zero-order chi connectivity index (χ0) is 25.2. The van der Waals surface area contributed by atoms with Gasteiger partial charge < -0.3 is 38.8 Å². The van der Waals surface area contributed by atoms with Gasteiger partial charge in [0.05, 0.1) is 11.6 Å². The Morgan fingerprint density at radius 3 is 2.80 bits per heavy atom. The van der Waals surface area contributed by atoms with Crippen molar-refractivity contribution in [1.82, 2.24) is 5.32 Å². The maximum Gasteiger partial charge on any atom is 0.350 e. The fourth-order valence-corrected chi connectivity index (χ4v) is 3.64. The van der Waals surface area contributed by atoms with E-state index in [1.165, 1.54) is 7.11 Å². The molecular formula is C25H32ClNO8. The molecule has 0 unspecified atom stereocenters. The number of methoxy groups -OCH3 is 1. The number of nitrogens with one attached hydrogen (secondary N) is 1. The number of fused-ring (bicyclic) bond motifs is 1. The van der Waals surface area contributed by atoms with Crippen LogP contribution in [0.2, 0.25) is 5.02 Å². The van der Waals surface area contributed by atoms with Crippen molar-refractivity contribution in [3.8, 4) is 23.0 Å². The summed E-state index contributed by atoms with van der Waals surface area (Å²) in [6.07, 6.45) is -0.749. The molecule has 0 radical (unpaired) electrons. The van der Waals surface area contributed by atoms with Crippen LogP contribution in [-0.4, -0.2) is 69.6 Å². The Kier molecular flexibility index (Phi) is 10.3. The Labute approximate surface area is 210 Å². The minimum Gasteiger partial charge on any atom is -0.491 e. The zero-order valence-corrected chi connectivity index (χ0v) is 20.9. The number of benzene rings is 2. The summed E-state index contributed by atoms with van der Waals surface area (Å²) in [6, 6.07) is 10.7. The average Bonchev–Trinajstić information content (AvgIpc) is 2.85. The van der Waals surface area contributed by atoms with Crippen LogP contribution in [0.4, 0.5) is 0 Å². The molecule has 0 bridgehead atoms. The molecule has 0 fully saturated rings. The van der Waals surface area contributed by atoms with Gasteiger partial charge in [-0.2, -0.15) is 0 Å². The van der Waals surface area contributed by atoms with Crippen molar-refractivity contribution >= 4 is 17.6 Å². The summed E-state index contributed by atoms with van der Waals surface area (Å²) in [5.74, 6) is 1.72. The molecule has 2 aromatic rings. The maximum atomic E-state index is 11.9. The lowest BCUT2D eigenvalue weighted by atomic mass is 10.1. The smallest absolute Gasteiger partial charge is 0.350 e. The van der Waals surface area contributed by atoms with E-state index in [-0.39, 0.29) is 26.0 Å². The molecule has 3 rings (SSSR count). The van der Waals surface area contributed by atoms with Crippen molar-refractivity contribution in [3.05, 3.63) is 47.0 Å². The summed E-state index contributed by atoms with van der Waals surface area (Å²) >= 11 is 6.17. The molecule has 10 heteroatoms. The molecule has 0 saturated carbocycles. The Morgan fingerprint density at radius 2 is 2.06 bits per heavy atom. The van der Waals surface area contributed by atoms with Crippen LogP contribution >= 0.6 is 11.6 Å². The number of aliphatic hydroxyl groups excluding tert-OH is 1. The third-order valence-electron chi connectivity index (χ3n) is 5.14. The molecule has 0 amide bonds. The molecule has 1 heterocycles. The molecule has 1 aliphatic rings. The number of hydrogen-bond donors (Lipinski definition) is 2. The van der Waals surface area contributed by atoms with Crippen LogP contribution in [0.5, 0.6) is 23.0 Å². The first-order valence-corrected chi connectivity index (χ1v) is 11.8. The summed E-state index contributed by atoms with van der Waals surface area (Å²) in [5, 5.41) is 14.0. The van der Waals surface area contributed by atoms with Crippen LogP contribution in [0, 0.1) is 0 Å². The number of aliphatic hydroxyl groups is 1. The fourth-order valence-electron chi connectivity index (χ4n) is 3.42. The van der Waals surface area contributed by atoms with Gasteiger partial charge in [0.25, 0.3) is 0 Å². The fraction of sp³-hybridized carbons (Fsp3) is 0.480. The van der Waals surface area contributed by atoms with Gasteiger partial charge in [-0.3, -0.25) is 0 Å². The molecular weight excluding hydrogens is 478 g/mol. The van der Waals surface area contributed by atoms with E-state index in [0.29, 0.717) is 47.6 Å². The third-order valence-corrected chi connectivity index (χ3v) is 5.43. The van der Waals surface area contributed by atoms with Crippen molar-refractivity contribution in [2.75, 3.05) is 40.3 Å². The van der Waals surface area contributed by atoms with Gasteiger partial charge in [0.1, 0.15) is 30.8 Å². The first kappa shape index (κ1) is 26.9. The summed E-state index contributed by atoms with van der Waals surface area (Å²) in [5.41, 5.74) is 1.04. The molecule has 192 valence electrons. The van der Waals surface area contributed by atoms with E-state index in [0.717, 1.165) is 5.56 Å². The predicted octanol–water partition coefficient (Wildman–Crippen LogP) is 2.99. The first-order chi connectivity index (χ1) is 16.9. The number of hydrogen-bond acceptors (Lipinski definition) is 9. The largest absolute Gasteiger partial charge is 0.491 e. The van der Waals surface area contributed by atoms with Gasteiger partial charge in [-0.05, 0) is 50.1 Å². The number of ether oxygens (including phenoxy) is 6. The molecule has 3 atom stereocenters. The van der Waals surface area contributed by atoms with Crippen molar-refractivity contribution in [3.63, 3.8) is 0 Å². The van der Waals surface area contributed by atoms with E-state index < -0.39 is 18.2 Å². The van der Waals surface area contributed by atoms with Gasteiger partial charge in [-0.15, -0.1) is 0 Å². The average molecular weight is 510 g/mol. The molecule has 2 aromatic carbocycles. The summed E-state index contributed by atoms with van der Waals surface area (Å²) < 4.78 is 32.2.